The van der Waals surface area contributed by atoms with Crippen LogP contribution in [0, 0.1) is 36.5 Å². The predicted molar refractivity (Wildman–Crippen MR) is 346 cm³/mol. The zero-order valence-corrected chi connectivity index (χ0v) is 56.1. The summed E-state index contributed by atoms with van der Waals surface area (Å²) >= 11 is 7.95. The fourth-order valence-electron chi connectivity index (χ4n) is 8.45. The first-order chi connectivity index (χ1) is 44.4. The van der Waals surface area contributed by atoms with E-state index in [-0.39, 0.29) is 149 Å². The number of rotatable bonds is 28. The minimum absolute atomic E-state index is 0.00318. The van der Waals surface area contributed by atoms with Gasteiger partial charge in [-0.15, -0.1) is 59.3 Å². The second-order valence-corrected chi connectivity index (χ2v) is 30.0. The van der Waals surface area contributed by atoms with Crippen LogP contribution in [0.15, 0.2) is 121 Å². The average Bonchev–Trinajstić information content (AvgIpc) is 1.58. The zero-order chi connectivity index (χ0) is 70.1. The molecule has 2 amide bonds. The number of benzene rings is 5. The van der Waals surface area contributed by atoms with E-state index in [0.717, 1.165) is 60.0 Å². The van der Waals surface area contributed by atoms with Crippen molar-refractivity contribution in [3.63, 3.8) is 0 Å². The van der Waals surface area contributed by atoms with Gasteiger partial charge in [-0.2, -0.15) is 57.7 Å². The lowest BCUT2D eigenvalue weighted by atomic mass is 10.1. The Morgan fingerprint density at radius 2 is 1.11 bits per heavy atom. The topological polar surface area (TPSA) is 532 Å². The van der Waals surface area contributed by atoms with E-state index in [2.05, 4.69) is 56.5 Å². The van der Waals surface area contributed by atoms with Gasteiger partial charge in [-0.25, -0.2) is 4.98 Å². The van der Waals surface area contributed by atoms with E-state index in [1.165, 1.54) is 56.5 Å². The third-order valence-electron chi connectivity index (χ3n) is 12.7. The molecule has 34 nitrogen and oxygen atoms in total. The van der Waals surface area contributed by atoms with Gasteiger partial charge in [0, 0.05) is 47.4 Å². The van der Waals surface area contributed by atoms with Crippen LogP contribution in [0.4, 0.5) is 56.9 Å². The molecule has 5 aromatic carbocycles. The number of methoxy groups -OCH3 is 1. The fourth-order valence-corrected chi connectivity index (χ4v) is 13.9. The van der Waals surface area contributed by atoms with Crippen molar-refractivity contribution in [1.29, 1.82) is 10.5 Å². The summed E-state index contributed by atoms with van der Waals surface area (Å²) in [7, 11) is -22.0. The lowest BCUT2D eigenvalue weighted by molar-refractivity contribution is -0.115. The molecule has 0 aliphatic carbocycles. The highest BCUT2D eigenvalue weighted by Crippen LogP contribution is 2.46. The van der Waals surface area contributed by atoms with Crippen molar-refractivity contribution in [1.82, 2.24) is 9.38 Å². The number of amides is 2. The number of imidazole rings is 1. The van der Waals surface area contributed by atoms with E-state index < -0.39 is 100 Å². The number of anilines is 2. The number of azo groups is 4. The SMILES string of the molecule is COc1cc(S(=O)(=O)O)c2nc3c(C#N)c(C)c(N=Nc4cc(C)c(N=Nc5cc(NC(C)=O)c(N=Nc6cc(NC(C)=O)c(N=Nc7cc(S(=O)(=O)O)c(Cl)cc7C#N)cc6SCCCS(=O)(=O)O)cc5SCCCS(=O)(=O)O)cc4OCCCS(=O)(=O)O)c(O)n3c2c1. The van der Waals surface area contributed by atoms with Gasteiger partial charge >= 0.3 is 0 Å². The van der Waals surface area contributed by atoms with E-state index in [1.807, 2.05) is 6.07 Å². The second-order valence-electron chi connectivity index (χ2n) is 19.8. The third-order valence-corrected chi connectivity index (χ3v) is 19.5. The van der Waals surface area contributed by atoms with Crippen LogP contribution < -0.4 is 20.1 Å². The quantitative estimate of drug-likeness (QED) is 0.00977. The van der Waals surface area contributed by atoms with Crippen molar-refractivity contribution in [3.8, 4) is 29.5 Å². The van der Waals surface area contributed by atoms with Gasteiger partial charge in [0.1, 0.15) is 78.6 Å². The molecule has 0 spiro atoms. The number of hydrogen-bond acceptors (Lipinski definition) is 28. The lowest BCUT2D eigenvalue weighted by Gasteiger charge is -2.13. The number of aromatic hydroxyl groups is 1. The van der Waals surface area contributed by atoms with Crippen LogP contribution in [0.1, 0.15) is 55.4 Å². The number of carbonyl (C=O) groups excluding carboxylic acids is 2. The molecule has 2 heterocycles. The Kier molecular flexibility index (Phi) is 23.6. The Hall–Kier alpha value is -8.69. The molecule has 502 valence electrons. The zero-order valence-electron chi connectivity index (χ0n) is 49.6. The fraction of sp³-hybridized carbons (Fsp3) is 0.264. The molecular formula is C53H51ClN14O20S7. The van der Waals surface area contributed by atoms with Gasteiger partial charge < -0.3 is 25.2 Å². The van der Waals surface area contributed by atoms with Crippen molar-refractivity contribution < 1.29 is 89.0 Å². The summed E-state index contributed by atoms with van der Waals surface area (Å²) in [4.78, 5) is 28.6. The highest BCUT2D eigenvalue weighted by atomic mass is 35.5. The number of nitriles is 2. The largest absolute Gasteiger partial charge is 0.497 e. The smallest absolute Gasteiger partial charge is 0.296 e. The molecule has 0 atom stereocenters. The van der Waals surface area contributed by atoms with Crippen LogP contribution >= 0.6 is 35.1 Å². The summed E-state index contributed by atoms with van der Waals surface area (Å²) in [5, 5.41) is 71.1. The highest BCUT2D eigenvalue weighted by Gasteiger charge is 2.27. The molecule has 0 bridgehead atoms. The number of ether oxygens (including phenoxy) is 2. The van der Waals surface area contributed by atoms with Crippen LogP contribution in [0.25, 0.3) is 16.7 Å². The molecule has 7 rings (SSSR count). The van der Waals surface area contributed by atoms with E-state index in [1.54, 1.807) is 13.0 Å². The Balaban J connectivity index is 1.36. The van der Waals surface area contributed by atoms with Crippen LogP contribution in [-0.2, 0) is 60.2 Å². The number of carbonyl (C=O) groups is 2. The summed E-state index contributed by atoms with van der Waals surface area (Å²) in [5.74, 6) is -4.31. The number of thioether (sulfide) groups is 2. The molecule has 0 aliphatic heterocycles. The van der Waals surface area contributed by atoms with Gasteiger partial charge in [-0.1, -0.05) is 11.6 Å². The number of hydrogen-bond donors (Lipinski definition) is 8. The number of aromatic nitrogens is 2. The van der Waals surface area contributed by atoms with E-state index >= 15 is 0 Å². The predicted octanol–water partition coefficient (Wildman–Crippen LogP) is 11.7. The Labute approximate surface area is 554 Å². The minimum Gasteiger partial charge on any atom is -0.497 e. The number of pyridine rings is 1. The molecule has 0 saturated carbocycles. The van der Waals surface area contributed by atoms with Crippen molar-refractivity contribution in [2.75, 3.05) is 53.1 Å². The molecule has 0 radical (unpaired) electrons. The molecule has 7 aromatic rings. The Morgan fingerprint density at radius 1 is 0.611 bits per heavy atom. The number of halogens is 1. The van der Waals surface area contributed by atoms with Crippen molar-refractivity contribution in [2.24, 2.45) is 40.9 Å². The van der Waals surface area contributed by atoms with Crippen LogP contribution in [0.2, 0.25) is 5.02 Å². The standard InChI is InChI=1S/C53H51ClN14O20S7/c1-27-15-41(64-67-50-28(2)33(26-56)52-59-51-44(68(52)53(50)71)17-32(87-5)18-49(51)95(84,85)86)45(88-9-6-12-91(72,73)74)21-35(27)60-65-42-19-38(58-30(4)70)40(23-46(42)89-10-7-13-92(75,76)77)63-66-43-20-37(57-29(3)69)39(22-47(43)90-11-8-14-93(78,79)80)62-61-36-24-48(94(81,82)83)34(54)16-31(36)25-55/h15-24,71H,6-14H2,1-5H3,(H,57,69)(H,58,70)(H,72,73,74)(H,75,76,77)(H,78,79,80)(H,81,82,83)(H,84,85,86). The average molecular weight is 1460 g/mol. The maximum Gasteiger partial charge on any atom is 0.296 e. The van der Waals surface area contributed by atoms with Gasteiger partial charge in [0.2, 0.25) is 17.7 Å². The van der Waals surface area contributed by atoms with E-state index in [4.69, 9.17) is 21.1 Å². The van der Waals surface area contributed by atoms with Crippen LogP contribution in [-0.4, -0.2) is 134 Å². The normalized spacial score (nSPS) is 12.6. The van der Waals surface area contributed by atoms with Crippen LogP contribution in [0.5, 0.6) is 17.4 Å². The van der Waals surface area contributed by atoms with Gasteiger partial charge in [0.25, 0.3) is 50.6 Å². The first kappa shape index (κ1) is 73.7. The highest BCUT2D eigenvalue weighted by molar-refractivity contribution is 7.99. The van der Waals surface area contributed by atoms with Gasteiger partial charge in [0.05, 0.1) is 64.1 Å². The lowest BCUT2D eigenvalue weighted by Crippen LogP contribution is -2.08. The van der Waals surface area contributed by atoms with Crippen LogP contribution in [0.3, 0.4) is 0 Å². The number of nitrogens with one attached hydrogen (secondary N) is 2. The number of fused-ring (bicyclic) bond motifs is 3. The number of aryl methyl sites for hydroxylation is 1. The molecule has 0 saturated heterocycles. The van der Waals surface area contributed by atoms with E-state index in [0.29, 0.717) is 5.56 Å². The summed E-state index contributed by atoms with van der Waals surface area (Å²) in [6.07, 6.45) is -0.497. The monoisotopic (exact) mass is 1460 g/mol. The van der Waals surface area contributed by atoms with Crippen molar-refractivity contribution in [3.05, 3.63) is 87.9 Å². The molecule has 8 N–H and O–H groups in total. The minimum atomic E-state index is -4.95. The van der Waals surface area contributed by atoms with Crippen molar-refractivity contribution >= 4 is 171 Å². The molecule has 0 fully saturated rings. The molecule has 95 heavy (non-hydrogen) atoms. The molecule has 2 aromatic heterocycles. The molecule has 0 aliphatic rings. The first-order valence-electron chi connectivity index (χ1n) is 26.7. The molecule has 42 heteroatoms. The first-order valence-corrected chi connectivity index (χ1v) is 36.7. The summed E-state index contributed by atoms with van der Waals surface area (Å²) in [6.45, 7) is 4.86. The molecule has 0 unspecified atom stereocenters. The molecular weight excluding hydrogens is 1410 g/mol. The third kappa shape index (κ3) is 19.7. The van der Waals surface area contributed by atoms with Gasteiger partial charge in [0.15, 0.2) is 11.3 Å². The number of nitrogens with zero attached hydrogens (tertiary/aromatic N) is 12. The second kappa shape index (κ2) is 30.4. The Bertz CT molecular complexity index is 5100. The van der Waals surface area contributed by atoms with E-state index in [9.17, 15) is 90.1 Å². The maximum absolute atomic E-state index is 12.9. The summed E-state index contributed by atoms with van der Waals surface area (Å²) in [6, 6.07) is 15.7. The summed E-state index contributed by atoms with van der Waals surface area (Å²) < 4.78 is 180. The van der Waals surface area contributed by atoms with Gasteiger partial charge in [-0.3, -0.25) is 36.8 Å². The Morgan fingerprint density at radius 3 is 1.59 bits per heavy atom. The van der Waals surface area contributed by atoms with Gasteiger partial charge in [-0.05, 0) is 92.6 Å². The summed E-state index contributed by atoms with van der Waals surface area (Å²) in [5.41, 5.74) is -2.15. The van der Waals surface area contributed by atoms with Crippen molar-refractivity contribution in [2.45, 2.75) is 66.5 Å². The maximum atomic E-state index is 12.9.